The minimum atomic E-state index is -0.132. The third kappa shape index (κ3) is 5.89. The Balaban J connectivity index is 2.43. The van der Waals surface area contributed by atoms with Crippen molar-refractivity contribution in [2.45, 2.75) is 27.2 Å². The summed E-state index contributed by atoms with van der Waals surface area (Å²) in [4.78, 5) is 18.5. The van der Waals surface area contributed by atoms with E-state index in [1.807, 2.05) is 6.92 Å². The van der Waals surface area contributed by atoms with Crippen LogP contribution in [0.3, 0.4) is 0 Å². The van der Waals surface area contributed by atoms with Crippen molar-refractivity contribution in [3.63, 3.8) is 0 Å². The van der Waals surface area contributed by atoms with Gasteiger partial charge in [0.2, 0.25) is 0 Å². The molecule has 1 rings (SSSR count). The van der Waals surface area contributed by atoms with Crippen LogP contribution in [0, 0.1) is 0 Å². The first-order valence-electron chi connectivity index (χ1n) is 7.52. The number of carbonyl (C=O) groups is 1. The van der Waals surface area contributed by atoms with E-state index in [1.54, 1.807) is 12.3 Å². The van der Waals surface area contributed by atoms with Crippen LogP contribution in [-0.2, 0) is 0 Å². The molecule has 2 N–H and O–H groups in total. The van der Waals surface area contributed by atoms with E-state index in [4.69, 9.17) is 11.6 Å². The molecule has 0 unspecified atom stereocenters. The number of anilines is 1. The molecule has 5 nitrogen and oxygen atoms in total. The monoisotopic (exact) mass is 312 g/mol. The smallest absolute Gasteiger partial charge is 0.252 e. The standard InChI is InChI=1S/C15H25ClN4O/c1-4-17-14-13(16)10-12(11-19-14)15(21)18-8-7-9-20(5-2)6-3/h10-11H,4-9H2,1-3H3,(H,17,19)(H,18,21). The van der Waals surface area contributed by atoms with Crippen molar-refractivity contribution in [2.24, 2.45) is 0 Å². The molecule has 6 heteroatoms. The molecule has 0 bridgehead atoms. The van der Waals surface area contributed by atoms with E-state index in [0.717, 1.165) is 32.6 Å². The van der Waals surface area contributed by atoms with Gasteiger partial charge in [0.15, 0.2) is 0 Å². The average Bonchev–Trinajstić information content (AvgIpc) is 2.49. The fourth-order valence-corrected chi connectivity index (χ4v) is 2.24. The fourth-order valence-electron chi connectivity index (χ4n) is 2.01. The number of hydrogen-bond donors (Lipinski definition) is 2. The number of nitrogens with one attached hydrogen (secondary N) is 2. The summed E-state index contributed by atoms with van der Waals surface area (Å²) < 4.78 is 0. The molecule has 1 aromatic rings. The van der Waals surface area contributed by atoms with E-state index >= 15 is 0 Å². The number of halogens is 1. The maximum atomic E-state index is 12.0. The van der Waals surface area contributed by atoms with E-state index in [9.17, 15) is 4.79 Å². The predicted octanol–water partition coefficient (Wildman–Crippen LogP) is 2.63. The second-order valence-electron chi connectivity index (χ2n) is 4.72. The van der Waals surface area contributed by atoms with Crippen molar-refractivity contribution in [1.82, 2.24) is 15.2 Å². The predicted molar refractivity (Wildman–Crippen MR) is 88.1 cm³/mol. The zero-order valence-electron chi connectivity index (χ0n) is 13.1. The second kappa shape index (κ2) is 9.58. The van der Waals surface area contributed by atoms with Crippen LogP contribution < -0.4 is 10.6 Å². The molecule has 0 aliphatic rings. The highest BCUT2D eigenvalue weighted by molar-refractivity contribution is 6.33. The van der Waals surface area contributed by atoms with Crippen molar-refractivity contribution in [3.8, 4) is 0 Å². The summed E-state index contributed by atoms with van der Waals surface area (Å²) in [5.74, 6) is 0.476. The van der Waals surface area contributed by atoms with Crippen molar-refractivity contribution in [2.75, 3.05) is 38.0 Å². The Morgan fingerprint density at radius 2 is 2.05 bits per heavy atom. The Hall–Kier alpha value is -1.33. The van der Waals surface area contributed by atoms with Gasteiger partial charge in [-0.05, 0) is 39.0 Å². The summed E-state index contributed by atoms with van der Waals surface area (Å²) in [5, 5.41) is 6.40. The van der Waals surface area contributed by atoms with Crippen molar-refractivity contribution >= 4 is 23.3 Å². The quantitative estimate of drug-likeness (QED) is 0.688. The molecule has 0 aliphatic carbocycles. The van der Waals surface area contributed by atoms with Crippen LogP contribution in [-0.4, -0.2) is 48.5 Å². The molecule has 0 spiro atoms. The van der Waals surface area contributed by atoms with E-state index in [2.05, 4.69) is 34.4 Å². The van der Waals surface area contributed by atoms with Crippen molar-refractivity contribution < 1.29 is 4.79 Å². The van der Waals surface area contributed by atoms with Crippen molar-refractivity contribution in [1.29, 1.82) is 0 Å². The molecule has 0 saturated heterocycles. The first kappa shape index (κ1) is 17.7. The van der Waals surface area contributed by atoms with Gasteiger partial charge in [-0.1, -0.05) is 25.4 Å². The van der Waals surface area contributed by atoms with Crippen LogP contribution >= 0.6 is 11.6 Å². The van der Waals surface area contributed by atoms with Gasteiger partial charge in [-0.15, -0.1) is 0 Å². The minimum absolute atomic E-state index is 0.132. The average molecular weight is 313 g/mol. The van der Waals surface area contributed by atoms with Crippen LogP contribution in [0.1, 0.15) is 37.6 Å². The van der Waals surface area contributed by atoms with Gasteiger partial charge in [0, 0.05) is 19.3 Å². The van der Waals surface area contributed by atoms with Gasteiger partial charge in [-0.25, -0.2) is 4.98 Å². The van der Waals surface area contributed by atoms with Gasteiger partial charge in [0.05, 0.1) is 10.6 Å². The molecule has 0 aliphatic heterocycles. The summed E-state index contributed by atoms with van der Waals surface area (Å²) >= 11 is 6.08. The lowest BCUT2D eigenvalue weighted by atomic mass is 10.2. The third-order valence-corrected chi connectivity index (χ3v) is 3.57. The highest BCUT2D eigenvalue weighted by atomic mass is 35.5. The highest BCUT2D eigenvalue weighted by Crippen LogP contribution is 2.19. The molecule has 1 aromatic heterocycles. The van der Waals surface area contributed by atoms with Crippen LogP contribution in [0.2, 0.25) is 5.02 Å². The summed E-state index contributed by atoms with van der Waals surface area (Å²) in [6.07, 6.45) is 2.48. The molecule has 1 heterocycles. The number of carbonyl (C=O) groups excluding carboxylic acids is 1. The summed E-state index contributed by atoms with van der Waals surface area (Å²) in [5.41, 5.74) is 0.490. The molecule has 0 saturated carbocycles. The molecule has 0 radical (unpaired) electrons. The van der Waals surface area contributed by atoms with E-state index in [-0.39, 0.29) is 5.91 Å². The molecule has 1 amide bonds. The first-order valence-corrected chi connectivity index (χ1v) is 7.90. The number of amides is 1. The van der Waals surface area contributed by atoms with E-state index < -0.39 is 0 Å². The van der Waals surface area contributed by atoms with Crippen LogP contribution in [0.4, 0.5) is 5.82 Å². The molecule has 0 fully saturated rings. The number of pyridine rings is 1. The molecular formula is C15H25ClN4O. The van der Waals surface area contributed by atoms with Crippen LogP contribution in [0.5, 0.6) is 0 Å². The Morgan fingerprint density at radius 3 is 2.62 bits per heavy atom. The minimum Gasteiger partial charge on any atom is -0.369 e. The zero-order chi connectivity index (χ0) is 15.7. The first-order chi connectivity index (χ1) is 10.1. The number of aromatic nitrogens is 1. The highest BCUT2D eigenvalue weighted by Gasteiger charge is 2.09. The SMILES string of the molecule is CCNc1ncc(C(=O)NCCCN(CC)CC)cc1Cl. The van der Waals surface area contributed by atoms with Gasteiger partial charge < -0.3 is 15.5 Å². The lowest BCUT2D eigenvalue weighted by molar-refractivity contribution is 0.0951. The Labute approximate surface area is 132 Å². The summed E-state index contributed by atoms with van der Waals surface area (Å²) in [6.45, 7) is 10.7. The van der Waals surface area contributed by atoms with E-state index in [0.29, 0.717) is 22.9 Å². The number of hydrogen-bond acceptors (Lipinski definition) is 4. The topological polar surface area (TPSA) is 57.3 Å². The number of rotatable bonds is 9. The van der Waals surface area contributed by atoms with E-state index in [1.165, 1.54) is 0 Å². The molecule has 0 aromatic carbocycles. The maximum absolute atomic E-state index is 12.0. The number of nitrogens with zero attached hydrogens (tertiary/aromatic N) is 2. The van der Waals surface area contributed by atoms with Gasteiger partial charge in [-0.2, -0.15) is 0 Å². The fraction of sp³-hybridized carbons (Fsp3) is 0.600. The maximum Gasteiger partial charge on any atom is 0.252 e. The third-order valence-electron chi connectivity index (χ3n) is 3.28. The van der Waals surface area contributed by atoms with Gasteiger partial charge >= 0.3 is 0 Å². The lowest BCUT2D eigenvalue weighted by Crippen LogP contribution is -2.30. The molecule has 118 valence electrons. The second-order valence-corrected chi connectivity index (χ2v) is 5.13. The van der Waals surface area contributed by atoms with Crippen LogP contribution in [0.25, 0.3) is 0 Å². The van der Waals surface area contributed by atoms with Crippen LogP contribution in [0.15, 0.2) is 12.3 Å². The normalized spacial score (nSPS) is 10.7. The lowest BCUT2D eigenvalue weighted by Gasteiger charge is -2.17. The molecule has 21 heavy (non-hydrogen) atoms. The summed E-state index contributed by atoms with van der Waals surface area (Å²) in [7, 11) is 0. The largest absolute Gasteiger partial charge is 0.369 e. The Kier molecular flexibility index (Phi) is 8.08. The van der Waals surface area contributed by atoms with Gasteiger partial charge in [0.25, 0.3) is 5.91 Å². The van der Waals surface area contributed by atoms with Gasteiger partial charge in [0.1, 0.15) is 5.82 Å². The summed E-state index contributed by atoms with van der Waals surface area (Å²) in [6, 6.07) is 1.65. The molecule has 0 atom stereocenters. The van der Waals surface area contributed by atoms with Gasteiger partial charge in [-0.3, -0.25) is 4.79 Å². The van der Waals surface area contributed by atoms with Crippen molar-refractivity contribution in [3.05, 3.63) is 22.8 Å². The Morgan fingerprint density at radius 1 is 1.33 bits per heavy atom. The Bertz CT molecular complexity index is 449. The molecular weight excluding hydrogens is 288 g/mol. The zero-order valence-corrected chi connectivity index (χ0v) is 13.8.